The first kappa shape index (κ1) is 15.5. The highest BCUT2D eigenvalue weighted by Crippen LogP contribution is 2.19. The quantitative estimate of drug-likeness (QED) is 0.699. The summed E-state index contributed by atoms with van der Waals surface area (Å²) in [6.45, 7) is -0.171. The third kappa shape index (κ3) is 3.05. The van der Waals surface area contributed by atoms with Crippen LogP contribution >= 0.6 is 0 Å². The van der Waals surface area contributed by atoms with Crippen molar-refractivity contribution in [2.24, 2.45) is 7.05 Å². The number of benzene rings is 1. The van der Waals surface area contributed by atoms with Gasteiger partial charge in [-0.15, -0.1) is 0 Å². The zero-order valence-electron chi connectivity index (χ0n) is 13.0. The fourth-order valence-electron chi connectivity index (χ4n) is 2.50. The van der Waals surface area contributed by atoms with Crippen molar-refractivity contribution in [3.8, 4) is 0 Å². The smallest absolute Gasteiger partial charge is 0.271 e. The molecule has 0 fully saturated rings. The van der Waals surface area contributed by atoms with Crippen molar-refractivity contribution in [1.29, 1.82) is 0 Å². The molecule has 122 valence electrons. The number of hydrogen-bond donors (Lipinski definition) is 2. The minimum absolute atomic E-state index is 0.171. The average Bonchev–Trinajstić information content (AvgIpc) is 2.92. The number of nitrogens with one attached hydrogen (secondary N) is 2. The van der Waals surface area contributed by atoms with E-state index in [2.05, 4.69) is 10.9 Å². The van der Waals surface area contributed by atoms with Crippen LogP contribution in [0.15, 0.2) is 59.7 Å². The van der Waals surface area contributed by atoms with E-state index >= 15 is 0 Å². The second kappa shape index (κ2) is 6.41. The number of amides is 2. The molecular formula is C17H16N4O3. The second-order valence-electron chi connectivity index (χ2n) is 5.34. The van der Waals surface area contributed by atoms with E-state index in [1.807, 2.05) is 35.9 Å². The lowest BCUT2D eigenvalue weighted by Crippen LogP contribution is -2.44. The molecule has 3 rings (SSSR count). The molecule has 7 heteroatoms. The summed E-state index contributed by atoms with van der Waals surface area (Å²) in [7, 11) is 1.85. The monoisotopic (exact) mass is 324 g/mol. The third-order valence-electron chi connectivity index (χ3n) is 3.67. The number of carbonyl (C=O) groups excluding carboxylic acids is 2. The van der Waals surface area contributed by atoms with Gasteiger partial charge in [0.05, 0.1) is 5.56 Å². The van der Waals surface area contributed by atoms with Gasteiger partial charge in [-0.25, -0.2) is 0 Å². The Balaban J connectivity index is 1.68. The minimum Gasteiger partial charge on any atom is -0.350 e. The van der Waals surface area contributed by atoms with Gasteiger partial charge in [0.25, 0.3) is 17.4 Å². The van der Waals surface area contributed by atoms with E-state index in [1.54, 1.807) is 18.3 Å². The predicted octanol–water partition coefficient (Wildman–Crippen LogP) is 0.801. The van der Waals surface area contributed by atoms with Crippen LogP contribution < -0.4 is 16.4 Å². The molecule has 2 amide bonds. The molecule has 2 heterocycles. The first-order valence-corrected chi connectivity index (χ1v) is 7.35. The number of nitrogens with zero attached hydrogens (tertiary/aromatic N) is 2. The lowest BCUT2D eigenvalue weighted by atomic mass is 10.2. The summed E-state index contributed by atoms with van der Waals surface area (Å²) < 4.78 is 3.09. The van der Waals surface area contributed by atoms with E-state index in [-0.39, 0.29) is 12.1 Å². The van der Waals surface area contributed by atoms with E-state index in [0.717, 1.165) is 10.9 Å². The van der Waals surface area contributed by atoms with Crippen LogP contribution in [0.25, 0.3) is 10.9 Å². The maximum Gasteiger partial charge on any atom is 0.271 e. The van der Waals surface area contributed by atoms with Gasteiger partial charge in [-0.05, 0) is 12.1 Å². The number of fused-ring (bicyclic) bond motifs is 1. The first-order chi connectivity index (χ1) is 11.6. The highest BCUT2D eigenvalue weighted by Gasteiger charge is 2.14. The summed E-state index contributed by atoms with van der Waals surface area (Å²) in [6, 6.07) is 12.1. The normalized spacial score (nSPS) is 10.5. The Bertz CT molecular complexity index is 971. The number of carbonyl (C=O) groups is 2. The summed E-state index contributed by atoms with van der Waals surface area (Å²) >= 11 is 0. The topological polar surface area (TPSA) is 85.1 Å². The lowest BCUT2D eigenvalue weighted by Gasteiger charge is -2.08. The van der Waals surface area contributed by atoms with Gasteiger partial charge < -0.3 is 9.13 Å². The number of para-hydroxylation sites is 1. The van der Waals surface area contributed by atoms with Crippen molar-refractivity contribution >= 4 is 22.7 Å². The van der Waals surface area contributed by atoms with Crippen LogP contribution in [-0.2, 0) is 18.4 Å². The zero-order valence-corrected chi connectivity index (χ0v) is 13.0. The van der Waals surface area contributed by atoms with Crippen molar-refractivity contribution in [3.63, 3.8) is 0 Å². The van der Waals surface area contributed by atoms with Gasteiger partial charge in [0.2, 0.25) is 0 Å². The molecule has 0 saturated heterocycles. The molecule has 0 saturated carbocycles. The largest absolute Gasteiger partial charge is 0.350 e. The van der Waals surface area contributed by atoms with Gasteiger partial charge in [0, 0.05) is 36.4 Å². The SMILES string of the molecule is Cn1cc(C(=O)NNC(=O)Cn2ccccc2=O)c2ccccc21. The van der Waals surface area contributed by atoms with E-state index in [0.29, 0.717) is 5.56 Å². The molecule has 24 heavy (non-hydrogen) atoms. The van der Waals surface area contributed by atoms with Gasteiger partial charge in [0.1, 0.15) is 6.54 Å². The minimum atomic E-state index is -0.489. The Morgan fingerprint density at radius 1 is 1.04 bits per heavy atom. The van der Waals surface area contributed by atoms with E-state index < -0.39 is 11.8 Å². The fraction of sp³-hybridized carbons (Fsp3) is 0.118. The summed E-state index contributed by atoms with van der Waals surface area (Å²) in [5.41, 5.74) is 5.80. The molecule has 2 N–H and O–H groups in total. The average molecular weight is 324 g/mol. The zero-order chi connectivity index (χ0) is 17.1. The summed E-state index contributed by atoms with van der Waals surface area (Å²) in [4.78, 5) is 35.7. The molecule has 0 aliphatic heterocycles. The second-order valence-corrected chi connectivity index (χ2v) is 5.34. The predicted molar refractivity (Wildman–Crippen MR) is 89.2 cm³/mol. The molecule has 2 aromatic heterocycles. The van der Waals surface area contributed by atoms with Crippen LogP contribution in [0.4, 0.5) is 0 Å². The van der Waals surface area contributed by atoms with Crippen LogP contribution in [0.5, 0.6) is 0 Å². The molecule has 7 nitrogen and oxygen atoms in total. The molecular weight excluding hydrogens is 308 g/mol. The Morgan fingerprint density at radius 3 is 2.58 bits per heavy atom. The van der Waals surface area contributed by atoms with Crippen LogP contribution in [0.1, 0.15) is 10.4 Å². The Hall–Kier alpha value is -3.35. The highest BCUT2D eigenvalue weighted by atomic mass is 16.2. The van der Waals surface area contributed by atoms with E-state index in [1.165, 1.54) is 16.8 Å². The summed E-state index contributed by atoms with van der Waals surface area (Å²) in [5, 5.41) is 0.797. The highest BCUT2D eigenvalue weighted by molar-refractivity contribution is 6.07. The van der Waals surface area contributed by atoms with Crippen LogP contribution in [0.3, 0.4) is 0 Å². The molecule has 0 aliphatic rings. The number of aryl methyl sites for hydroxylation is 1. The van der Waals surface area contributed by atoms with Gasteiger partial charge in [-0.3, -0.25) is 25.2 Å². The number of pyridine rings is 1. The van der Waals surface area contributed by atoms with E-state index in [9.17, 15) is 14.4 Å². The molecule has 1 aromatic carbocycles. The van der Waals surface area contributed by atoms with Crippen molar-refractivity contribution in [3.05, 3.63) is 70.8 Å². The van der Waals surface area contributed by atoms with Gasteiger partial charge in [-0.1, -0.05) is 24.3 Å². The number of hydrogen-bond acceptors (Lipinski definition) is 3. The Kier molecular flexibility index (Phi) is 4.15. The number of aromatic nitrogens is 2. The Labute approximate surface area is 137 Å². The van der Waals surface area contributed by atoms with Crippen LogP contribution in [0.2, 0.25) is 0 Å². The number of rotatable bonds is 3. The van der Waals surface area contributed by atoms with Crippen molar-refractivity contribution in [2.45, 2.75) is 6.54 Å². The molecule has 0 atom stereocenters. The number of hydrazine groups is 1. The van der Waals surface area contributed by atoms with Crippen molar-refractivity contribution in [1.82, 2.24) is 20.0 Å². The maximum absolute atomic E-state index is 12.3. The maximum atomic E-state index is 12.3. The van der Waals surface area contributed by atoms with Crippen LogP contribution in [-0.4, -0.2) is 20.9 Å². The fourth-order valence-corrected chi connectivity index (χ4v) is 2.50. The molecule has 0 bridgehead atoms. The summed E-state index contributed by atoms with van der Waals surface area (Å²) in [5.74, 6) is -0.905. The van der Waals surface area contributed by atoms with Crippen molar-refractivity contribution in [2.75, 3.05) is 0 Å². The lowest BCUT2D eigenvalue weighted by molar-refractivity contribution is -0.122. The Morgan fingerprint density at radius 2 is 1.79 bits per heavy atom. The first-order valence-electron chi connectivity index (χ1n) is 7.35. The summed E-state index contributed by atoms with van der Waals surface area (Å²) in [6.07, 6.45) is 3.21. The van der Waals surface area contributed by atoms with Gasteiger partial charge >= 0.3 is 0 Å². The molecule has 0 aliphatic carbocycles. The van der Waals surface area contributed by atoms with Crippen LogP contribution in [0, 0.1) is 0 Å². The molecule has 0 spiro atoms. The van der Waals surface area contributed by atoms with E-state index in [4.69, 9.17) is 0 Å². The molecule has 0 unspecified atom stereocenters. The standard InChI is InChI=1S/C17H16N4O3/c1-20-10-13(12-6-2-3-7-14(12)20)17(24)19-18-15(22)11-21-9-5-4-8-16(21)23/h2-10H,11H2,1H3,(H,18,22)(H,19,24). The van der Waals surface area contributed by atoms with Gasteiger partial charge in [0.15, 0.2) is 0 Å². The van der Waals surface area contributed by atoms with Crippen molar-refractivity contribution < 1.29 is 9.59 Å². The van der Waals surface area contributed by atoms with Gasteiger partial charge in [-0.2, -0.15) is 0 Å². The molecule has 3 aromatic rings. The third-order valence-corrected chi connectivity index (χ3v) is 3.67. The molecule has 0 radical (unpaired) electrons.